The minimum Gasteiger partial charge on any atom is -0.466 e. The Morgan fingerprint density at radius 1 is 0.810 bits per heavy atom. The van der Waals surface area contributed by atoms with E-state index in [2.05, 4.69) is 10.1 Å². The molecule has 1 aliphatic carbocycles. The van der Waals surface area contributed by atoms with Crippen molar-refractivity contribution in [3.8, 4) is 16.9 Å². The van der Waals surface area contributed by atoms with Crippen LogP contribution in [0, 0.1) is 29.1 Å². The maximum Gasteiger partial charge on any atom is 0.407 e. The zero-order chi connectivity index (χ0) is 30.4. The van der Waals surface area contributed by atoms with Gasteiger partial charge in [-0.1, -0.05) is 61.9 Å². The maximum absolute atomic E-state index is 14.1. The van der Waals surface area contributed by atoms with E-state index in [-0.39, 0.29) is 19.1 Å². The molecular formula is C30H26F5NO6. The van der Waals surface area contributed by atoms with Crippen molar-refractivity contribution >= 4 is 18.0 Å². The van der Waals surface area contributed by atoms with Crippen molar-refractivity contribution in [2.24, 2.45) is 0 Å². The molecule has 0 heterocycles. The van der Waals surface area contributed by atoms with E-state index < -0.39 is 71.8 Å². The second-order valence-electron chi connectivity index (χ2n) is 9.46. The van der Waals surface area contributed by atoms with Crippen LogP contribution in [0.3, 0.4) is 0 Å². The molecule has 12 heteroatoms. The average molecular weight is 592 g/mol. The number of esters is 2. The lowest BCUT2D eigenvalue weighted by Gasteiger charge is -2.19. The first-order valence-corrected chi connectivity index (χ1v) is 13.1. The number of fused-ring (bicyclic) bond motifs is 3. The zero-order valence-electron chi connectivity index (χ0n) is 22.4. The van der Waals surface area contributed by atoms with Gasteiger partial charge in [0.2, 0.25) is 34.8 Å². The van der Waals surface area contributed by atoms with Crippen LogP contribution < -0.4 is 10.1 Å². The van der Waals surface area contributed by atoms with Crippen molar-refractivity contribution in [1.82, 2.24) is 5.32 Å². The van der Waals surface area contributed by atoms with E-state index in [4.69, 9.17) is 9.47 Å². The average Bonchev–Trinajstić information content (AvgIpc) is 3.31. The molecule has 0 saturated heterocycles. The van der Waals surface area contributed by atoms with Crippen molar-refractivity contribution in [2.75, 3.05) is 13.2 Å². The smallest absolute Gasteiger partial charge is 0.407 e. The molecule has 0 aromatic heterocycles. The molecule has 0 spiro atoms. The van der Waals surface area contributed by atoms with Gasteiger partial charge in [0.1, 0.15) is 12.6 Å². The van der Waals surface area contributed by atoms with Crippen LogP contribution in [0.2, 0.25) is 0 Å². The molecule has 222 valence electrons. The summed E-state index contributed by atoms with van der Waals surface area (Å²) in [6.07, 6.45) is -0.744. The Labute approximate surface area is 237 Å². The number of unbranched alkanes of at least 4 members (excludes halogenated alkanes) is 1. The molecule has 1 N–H and O–H groups in total. The SMILES string of the molecule is CCCCOC(=O)CC[C@H](NC(=O)OCC1c2ccccc2-c2ccccc21)C(=O)Oc1c(F)c(F)c(F)c(F)c1F. The summed E-state index contributed by atoms with van der Waals surface area (Å²) in [5, 5.41) is 2.16. The second-order valence-corrected chi connectivity index (χ2v) is 9.46. The van der Waals surface area contributed by atoms with Gasteiger partial charge in [-0.2, -0.15) is 8.78 Å². The highest BCUT2D eigenvalue weighted by molar-refractivity contribution is 5.84. The van der Waals surface area contributed by atoms with Crippen LogP contribution in [0.1, 0.15) is 49.7 Å². The van der Waals surface area contributed by atoms with Crippen molar-refractivity contribution in [1.29, 1.82) is 0 Å². The number of rotatable bonds is 11. The number of halogens is 5. The lowest BCUT2D eigenvalue weighted by atomic mass is 9.98. The Balaban J connectivity index is 1.48. The molecule has 1 amide bonds. The summed E-state index contributed by atoms with van der Waals surface area (Å²) >= 11 is 0. The molecule has 0 fully saturated rings. The van der Waals surface area contributed by atoms with Crippen molar-refractivity contribution < 1.29 is 50.5 Å². The van der Waals surface area contributed by atoms with Gasteiger partial charge in [0.25, 0.3) is 0 Å². The number of nitrogens with one attached hydrogen (secondary N) is 1. The van der Waals surface area contributed by atoms with Crippen molar-refractivity contribution in [3.63, 3.8) is 0 Å². The van der Waals surface area contributed by atoms with Gasteiger partial charge >= 0.3 is 18.0 Å². The summed E-state index contributed by atoms with van der Waals surface area (Å²) in [6, 6.07) is 13.3. The Morgan fingerprint density at radius 2 is 1.36 bits per heavy atom. The van der Waals surface area contributed by atoms with Gasteiger partial charge in [0, 0.05) is 12.3 Å². The lowest BCUT2D eigenvalue weighted by Crippen LogP contribution is -2.44. The Kier molecular flexibility index (Phi) is 9.76. The van der Waals surface area contributed by atoms with E-state index >= 15 is 0 Å². The van der Waals surface area contributed by atoms with E-state index in [0.717, 1.165) is 28.7 Å². The Hall–Kier alpha value is -4.48. The normalized spacial score (nSPS) is 12.7. The molecule has 0 saturated carbocycles. The van der Waals surface area contributed by atoms with Gasteiger partial charge in [-0.05, 0) is 35.1 Å². The van der Waals surface area contributed by atoms with E-state index in [1.165, 1.54) is 0 Å². The summed E-state index contributed by atoms with van der Waals surface area (Å²) in [5.74, 6) is -16.4. The number of ether oxygens (including phenoxy) is 3. The van der Waals surface area contributed by atoms with Crippen LogP contribution in [-0.2, 0) is 19.1 Å². The quantitative estimate of drug-likeness (QED) is 0.0701. The van der Waals surface area contributed by atoms with Crippen LogP contribution in [-0.4, -0.2) is 37.3 Å². The molecule has 1 atom stereocenters. The third-order valence-corrected chi connectivity index (χ3v) is 6.69. The third-order valence-electron chi connectivity index (χ3n) is 6.69. The number of carbonyl (C=O) groups excluding carboxylic acids is 3. The molecule has 1 aliphatic rings. The van der Waals surface area contributed by atoms with Gasteiger partial charge in [-0.3, -0.25) is 4.79 Å². The molecule has 0 radical (unpaired) electrons. The second kappa shape index (κ2) is 13.5. The minimum absolute atomic E-state index is 0.106. The summed E-state index contributed by atoms with van der Waals surface area (Å²) in [7, 11) is 0. The van der Waals surface area contributed by atoms with Crippen molar-refractivity contribution in [2.45, 2.75) is 44.6 Å². The summed E-state index contributed by atoms with van der Waals surface area (Å²) in [6.45, 7) is 1.82. The lowest BCUT2D eigenvalue weighted by molar-refractivity contribution is -0.144. The van der Waals surface area contributed by atoms with Crippen LogP contribution in [0.25, 0.3) is 11.1 Å². The van der Waals surface area contributed by atoms with Crippen LogP contribution in [0.15, 0.2) is 48.5 Å². The van der Waals surface area contributed by atoms with Gasteiger partial charge in [-0.25, -0.2) is 22.8 Å². The summed E-state index contributed by atoms with van der Waals surface area (Å²) in [4.78, 5) is 37.6. The molecule has 3 aromatic carbocycles. The first-order chi connectivity index (χ1) is 20.1. The van der Waals surface area contributed by atoms with Crippen LogP contribution >= 0.6 is 0 Å². The molecule has 42 heavy (non-hydrogen) atoms. The van der Waals surface area contributed by atoms with Crippen LogP contribution in [0.4, 0.5) is 26.7 Å². The van der Waals surface area contributed by atoms with Crippen molar-refractivity contribution in [3.05, 3.63) is 88.7 Å². The number of hydrogen-bond donors (Lipinski definition) is 1. The first kappa shape index (κ1) is 30.5. The first-order valence-electron chi connectivity index (χ1n) is 13.1. The topological polar surface area (TPSA) is 90.9 Å². The van der Waals surface area contributed by atoms with Gasteiger partial charge < -0.3 is 19.5 Å². The fourth-order valence-corrected chi connectivity index (χ4v) is 4.54. The highest BCUT2D eigenvalue weighted by atomic mass is 19.2. The predicted octanol–water partition coefficient (Wildman–Crippen LogP) is 6.32. The molecule has 0 aliphatic heterocycles. The zero-order valence-corrected chi connectivity index (χ0v) is 22.4. The summed E-state index contributed by atoms with van der Waals surface area (Å²) < 4.78 is 83.8. The fourth-order valence-electron chi connectivity index (χ4n) is 4.54. The monoisotopic (exact) mass is 591 g/mol. The fraction of sp³-hybridized carbons (Fsp3) is 0.300. The standard InChI is InChI=1S/C30H26F5NO6/c1-2-3-14-40-22(37)13-12-21(29(38)42-28-26(34)24(32)23(31)25(33)27(28)35)36-30(39)41-15-20-18-10-6-4-8-16(18)17-9-5-7-11-19(17)20/h4-11,20-21H,2-3,12-15H2,1H3,(H,36,39)/t21-/m0/s1. The number of amides is 1. The number of benzene rings is 3. The highest BCUT2D eigenvalue weighted by Gasteiger charge is 2.33. The van der Waals surface area contributed by atoms with E-state index in [9.17, 15) is 36.3 Å². The number of carbonyl (C=O) groups is 3. The number of hydrogen-bond acceptors (Lipinski definition) is 6. The molecule has 4 rings (SSSR count). The maximum atomic E-state index is 14.1. The predicted molar refractivity (Wildman–Crippen MR) is 139 cm³/mol. The minimum atomic E-state index is -2.44. The molecular weight excluding hydrogens is 565 g/mol. The van der Waals surface area contributed by atoms with E-state index in [1.807, 2.05) is 55.5 Å². The number of alkyl carbamates (subject to hydrolysis) is 1. The van der Waals surface area contributed by atoms with Gasteiger partial charge in [0.15, 0.2) is 0 Å². The molecule has 0 bridgehead atoms. The van der Waals surface area contributed by atoms with E-state index in [0.29, 0.717) is 6.42 Å². The third kappa shape index (κ3) is 6.53. The highest BCUT2D eigenvalue weighted by Crippen LogP contribution is 2.44. The molecule has 3 aromatic rings. The van der Waals surface area contributed by atoms with Crippen LogP contribution in [0.5, 0.6) is 5.75 Å². The van der Waals surface area contributed by atoms with Gasteiger partial charge in [0.05, 0.1) is 6.61 Å². The van der Waals surface area contributed by atoms with Gasteiger partial charge in [-0.15, -0.1) is 0 Å². The Bertz CT molecular complexity index is 1420. The van der Waals surface area contributed by atoms with E-state index in [1.54, 1.807) is 0 Å². The molecule has 7 nitrogen and oxygen atoms in total. The summed E-state index contributed by atoms with van der Waals surface area (Å²) in [5.41, 5.74) is 3.74. The Morgan fingerprint density at radius 3 is 1.93 bits per heavy atom. The molecule has 0 unspecified atom stereocenters. The largest absolute Gasteiger partial charge is 0.466 e.